The molecule has 0 radical (unpaired) electrons. The SMILES string of the molecule is Cc1cc(C)c(NCCc2nnc(-c3ccccc3)o2)c(Cl)c1. The van der Waals surface area contributed by atoms with Gasteiger partial charge in [-0.15, -0.1) is 10.2 Å². The summed E-state index contributed by atoms with van der Waals surface area (Å²) in [6, 6.07) is 13.8. The van der Waals surface area contributed by atoms with Gasteiger partial charge in [-0.05, 0) is 43.2 Å². The predicted octanol–water partition coefficient (Wildman–Crippen LogP) is 4.66. The van der Waals surface area contributed by atoms with E-state index in [2.05, 4.69) is 21.6 Å². The van der Waals surface area contributed by atoms with Crippen LogP contribution in [-0.4, -0.2) is 16.7 Å². The number of nitrogens with zero attached hydrogens (tertiary/aromatic N) is 2. The van der Waals surface area contributed by atoms with Crippen LogP contribution in [0.1, 0.15) is 17.0 Å². The minimum Gasteiger partial charge on any atom is -0.421 e. The van der Waals surface area contributed by atoms with Crippen LogP contribution >= 0.6 is 11.6 Å². The van der Waals surface area contributed by atoms with Gasteiger partial charge in [-0.2, -0.15) is 0 Å². The zero-order valence-corrected chi connectivity index (χ0v) is 13.9. The van der Waals surface area contributed by atoms with Gasteiger partial charge < -0.3 is 9.73 Å². The van der Waals surface area contributed by atoms with Gasteiger partial charge in [0.05, 0.1) is 10.7 Å². The van der Waals surface area contributed by atoms with Crippen LogP contribution in [0.15, 0.2) is 46.9 Å². The van der Waals surface area contributed by atoms with Crippen molar-refractivity contribution in [3.05, 3.63) is 64.5 Å². The first-order valence-corrected chi connectivity index (χ1v) is 7.89. The van der Waals surface area contributed by atoms with Crippen molar-refractivity contribution >= 4 is 17.3 Å². The van der Waals surface area contributed by atoms with Gasteiger partial charge in [0.1, 0.15) is 0 Å². The Kier molecular flexibility index (Phi) is 4.63. The van der Waals surface area contributed by atoms with Gasteiger partial charge in [0, 0.05) is 18.5 Å². The third-order valence-corrected chi connectivity index (χ3v) is 3.86. The average Bonchev–Trinajstić information content (AvgIpc) is 2.99. The molecule has 0 spiro atoms. The van der Waals surface area contributed by atoms with Gasteiger partial charge in [-0.25, -0.2) is 0 Å². The van der Waals surface area contributed by atoms with Crippen molar-refractivity contribution in [2.45, 2.75) is 20.3 Å². The van der Waals surface area contributed by atoms with E-state index >= 15 is 0 Å². The first-order valence-electron chi connectivity index (χ1n) is 7.52. The third kappa shape index (κ3) is 3.71. The number of hydrogen-bond acceptors (Lipinski definition) is 4. The summed E-state index contributed by atoms with van der Waals surface area (Å²) in [4.78, 5) is 0. The fraction of sp³-hybridized carbons (Fsp3) is 0.222. The minimum absolute atomic E-state index is 0.546. The highest BCUT2D eigenvalue weighted by Gasteiger charge is 2.09. The molecule has 2 aromatic carbocycles. The first-order chi connectivity index (χ1) is 11.1. The molecule has 0 amide bonds. The van der Waals surface area contributed by atoms with Crippen LogP contribution in [-0.2, 0) is 6.42 Å². The lowest BCUT2D eigenvalue weighted by atomic mass is 10.1. The second kappa shape index (κ2) is 6.84. The summed E-state index contributed by atoms with van der Waals surface area (Å²) in [5.41, 5.74) is 4.17. The molecule has 0 aliphatic carbocycles. The van der Waals surface area contributed by atoms with E-state index in [1.165, 1.54) is 0 Å². The zero-order valence-electron chi connectivity index (χ0n) is 13.1. The van der Waals surface area contributed by atoms with Crippen LogP contribution in [0.25, 0.3) is 11.5 Å². The lowest BCUT2D eigenvalue weighted by Crippen LogP contribution is -2.07. The van der Waals surface area contributed by atoms with E-state index in [1.54, 1.807) is 0 Å². The molecule has 0 atom stereocenters. The average molecular weight is 328 g/mol. The molecule has 3 aromatic rings. The summed E-state index contributed by atoms with van der Waals surface area (Å²) in [5, 5.41) is 12.3. The molecule has 0 aliphatic heterocycles. The Bertz CT molecular complexity index is 776. The standard InChI is InChI=1S/C18H18ClN3O/c1-12-10-13(2)17(15(19)11-12)20-9-8-16-21-22-18(23-16)14-6-4-3-5-7-14/h3-7,10-11,20H,8-9H2,1-2H3. The molecule has 23 heavy (non-hydrogen) atoms. The van der Waals surface area contributed by atoms with Gasteiger partial charge in [0.15, 0.2) is 0 Å². The molecular weight excluding hydrogens is 310 g/mol. The highest BCUT2D eigenvalue weighted by molar-refractivity contribution is 6.33. The summed E-state index contributed by atoms with van der Waals surface area (Å²) in [6.07, 6.45) is 0.642. The van der Waals surface area contributed by atoms with Gasteiger partial charge in [-0.1, -0.05) is 35.9 Å². The fourth-order valence-electron chi connectivity index (χ4n) is 2.49. The molecule has 3 rings (SSSR count). The normalized spacial score (nSPS) is 10.7. The molecule has 0 unspecified atom stereocenters. The molecule has 1 heterocycles. The zero-order chi connectivity index (χ0) is 16.2. The molecular formula is C18H18ClN3O. The Hall–Kier alpha value is -2.33. The Morgan fingerprint density at radius 1 is 1.09 bits per heavy atom. The lowest BCUT2D eigenvalue weighted by molar-refractivity contribution is 0.509. The summed E-state index contributed by atoms with van der Waals surface area (Å²) >= 11 is 6.29. The van der Waals surface area contributed by atoms with Crippen molar-refractivity contribution in [1.82, 2.24) is 10.2 Å². The predicted molar refractivity (Wildman–Crippen MR) is 92.9 cm³/mol. The smallest absolute Gasteiger partial charge is 0.247 e. The number of aromatic nitrogens is 2. The van der Waals surface area contributed by atoms with Gasteiger partial charge in [0.25, 0.3) is 0 Å². The third-order valence-electron chi connectivity index (χ3n) is 3.56. The minimum atomic E-state index is 0.546. The number of hydrogen-bond donors (Lipinski definition) is 1. The van der Waals surface area contributed by atoms with Crippen LogP contribution < -0.4 is 5.32 Å². The van der Waals surface area contributed by atoms with Crippen molar-refractivity contribution in [1.29, 1.82) is 0 Å². The second-order valence-electron chi connectivity index (χ2n) is 5.48. The van der Waals surface area contributed by atoms with Crippen molar-refractivity contribution in [2.75, 3.05) is 11.9 Å². The van der Waals surface area contributed by atoms with Crippen LogP contribution in [0.5, 0.6) is 0 Å². The van der Waals surface area contributed by atoms with Crippen molar-refractivity contribution in [3.8, 4) is 11.5 Å². The Morgan fingerprint density at radius 3 is 2.61 bits per heavy atom. The number of anilines is 1. The maximum Gasteiger partial charge on any atom is 0.247 e. The highest BCUT2D eigenvalue weighted by atomic mass is 35.5. The van der Waals surface area contributed by atoms with Crippen LogP contribution in [0.2, 0.25) is 5.02 Å². The summed E-state index contributed by atoms with van der Waals surface area (Å²) in [7, 11) is 0. The van der Waals surface area contributed by atoms with E-state index < -0.39 is 0 Å². The Labute approximate surface area is 140 Å². The van der Waals surface area contributed by atoms with E-state index in [9.17, 15) is 0 Å². The lowest BCUT2D eigenvalue weighted by Gasteiger charge is -2.11. The van der Waals surface area contributed by atoms with Gasteiger partial charge in [0.2, 0.25) is 11.8 Å². The number of halogens is 1. The molecule has 1 aromatic heterocycles. The van der Waals surface area contributed by atoms with E-state index in [0.29, 0.717) is 24.7 Å². The highest BCUT2D eigenvalue weighted by Crippen LogP contribution is 2.27. The van der Waals surface area contributed by atoms with Crippen LogP contribution in [0.3, 0.4) is 0 Å². The molecule has 118 valence electrons. The molecule has 1 N–H and O–H groups in total. The molecule has 0 bridgehead atoms. The van der Waals surface area contributed by atoms with Gasteiger partial charge in [-0.3, -0.25) is 0 Å². The first kappa shape index (κ1) is 15.6. The quantitative estimate of drug-likeness (QED) is 0.740. The van der Waals surface area contributed by atoms with Gasteiger partial charge >= 0.3 is 0 Å². The Morgan fingerprint density at radius 2 is 1.87 bits per heavy atom. The maximum atomic E-state index is 6.29. The van der Waals surface area contributed by atoms with Crippen molar-refractivity contribution in [2.24, 2.45) is 0 Å². The maximum absolute atomic E-state index is 6.29. The van der Waals surface area contributed by atoms with E-state index in [-0.39, 0.29) is 0 Å². The molecule has 0 saturated heterocycles. The molecule has 0 fully saturated rings. The fourth-order valence-corrected chi connectivity index (χ4v) is 2.87. The molecule has 5 heteroatoms. The van der Waals surface area contributed by atoms with Crippen molar-refractivity contribution < 1.29 is 4.42 Å². The van der Waals surface area contributed by atoms with E-state index in [4.69, 9.17) is 16.0 Å². The molecule has 0 aliphatic rings. The number of rotatable bonds is 5. The molecule has 0 saturated carbocycles. The molecule has 4 nitrogen and oxygen atoms in total. The van der Waals surface area contributed by atoms with E-state index in [0.717, 1.165) is 27.4 Å². The number of nitrogens with one attached hydrogen (secondary N) is 1. The number of benzene rings is 2. The largest absolute Gasteiger partial charge is 0.421 e. The summed E-state index contributed by atoms with van der Waals surface area (Å²) in [6.45, 7) is 4.76. The number of aryl methyl sites for hydroxylation is 2. The second-order valence-corrected chi connectivity index (χ2v) is 5.89. The van der Waals surface area contributed by atoms with Crippen molar-refractivity contribution in [3.63, 3.8) is 0 Å². The topological polar surface area (TPSA) is 51.0 Å². The van der Waals surface area contributed by atoms with Crippen LogP contribution in [0, 0.1) is 13.8 Å². The summed E-state index contributed by atoms with van der Waals surface area (Å²) < 4.78 is 5.69. The Balaban J connectivity index is 1.63. The monoisotopic (exact) mass is 327 g/mol. The van der Waals surface area contributed by atoms with Crippen LogP contribution in [0.4, 0.5) is 5.69 Å². The summed E-state index contributed by atoms with van der Waals surface area (Å²) in [5.74, 6) is 1.15. The van der Waals surface area contributed by atoms with E-state index in [1.807, 2.05) is 50.2 Å².